The lowest BCUT2D eigenvalue weighted by molar-refractivity contribution is 0.202. The Balaban J connectivity index is 1.47. The number of fused-ring (bicyclic) bond motifs is 2. The monoisotopic (exact) mass is 383 g/mol. The van der Waals surface area contributed by atoms with Gasteiger partial charge < -0.3 is 0 Å². The molecule has 1 aliphatic heterocycles. The van der Waals surface area contributed by atoms with E-state index in [1.807, 2.05) is 12.1 Å². The Labute approximate surface area is 162 Å². The van der Waals surface area contributed by atoms with E-state index in [-0.39, 0.29) is 5.69 Å². The van der Waals surface area contributed by atoms with Crippen LogP contribution in [-0.2, 0) is 19.6 Å². The zero-order valence-corrected chi connectivity index (χ0v) is 15.9. The third-order valence-corrected chi connectivity index (χ3v) is 6.07. The van der Waals surface area contributed by atoms with Crippen LogP contribution < -0.4 is 5.69 Å². The summed E-state index contributed by atoms with van der Waals surface area (Å²) in [6.45, 7) is 2.98. The first-order valence-corrected chi connectivity index (χ1v) is 10.0. The average Bonchev–Trinajstić information content (AvgIpc) is 3.33. The quantitative estimate of drug-likeness (QED) is 0.696. The Morgan fingerprint density at radius 2 is 1.89 bits per heavy atom. The summed E-state index contributed by atoms with van der Waals surface area (Å²) in [5, 5.41) is 0.749. The Kier molecular flexibility index (Phi) is 4.25. The third kappa shape index (κ3) is 3.07. The lowest BCUT2D eigenvalue weighted by Gasteiger charge is -2.29. The van der Waals surface area contributed by atoms with Crippen LogP contribution >= 0.6 is 11.6 Å². The summed E-state index contributed by atoms with van der Waals surface area (Å²) in [5.74, 6) is 1.28. The van der Waals surface area contributed by atoms with Gasteiger partial charge in [0.05, 0.1) is 12.2 Å². The molecular weight excluding hydrogens is 362 g/mol. The summed E-state index contributed by atoms with van der Waals surface area (Å²) in [6, 6.07) is 7.94. The zero-order chi connectivity index (χ0) is 18.4. The van der Waals surface area contributed by atoms with E-state index in [9.17, 15) is 4.79 Å². The Morgan fingerprint density at radius 3 is 2.67 bits per heavy atom. The maximum Gasteiger partial charge on any atom is 0.336 e. The number of nitrogens with zero attached hydrogens (tertiary/aromatic N) is 5. The standard InChI is InChI=1S/C20H22ClN5O/c21-16-7-5-14(6-8-16)11-24-9-10-25-17(12-24)23-19-18(15-3-1-2-4-15)22-13-26(19)20(25)27/h5-8,13,15H,1-4,9-12H2. The van der Waals surface area contributed by atoms with Gasteiger partial charge in [0.1, 0.15) is 12.2 Å². The van der Waals surface area contributed by atoms with Crippen molar-refractivity contribution in [2.45, 2.75) is 51.2 Å². The van der Waals surface area contributed by atoms with E-state index in [0.717, 1.165) is 48.1 Å². The van der Waals surface area contributed by atoms with Crippen LogP contribution in [0.3, 0.4) is 0 Å². The number of aromatic nitrogens is 4. The SMILES string of the molecule is O=c1n2c(nc3c(C4CCCC4)ncn13)CN(Cc1ccc(Cl)cc1)CC2. The number of halogens is 1. The van der Waals surface area contributed by atoms with E-state index in [1.165, 1.54) is 18.4 Å². The Morgan fingerprint density at radius 1 is 1.11 bits per heavy atom. The van der Waals surface area contributed by atoms with Crippen molar-refractivity contribution in [2.24, 2.45) is 0 Å². The van der Waals surface area contributed by atoms with E-state index in [2.05, 4.69) is 22.0 Å². The zero-order valence-electron chi connectivity index (χ0n) is 15.1. The molecule has 2 aromatic heterocycles. The molecule has 0 bridgehead atoms. The molecule has 2 aliphatic rings. The highest BCUT2D eigenvalue weighted by Crippen LogP contribution is 2.34. The average molecular weight is 384 g/mol. The first-order chi connectivity index (χ1) is 13.2. The number of hydrogen-bond acceptors (Lipinski definition) is 4. The smallest absolute Gasteiger partial charge is 0.290 e. The van der Waals surface area contributed by atoms with Crippen LogP contribution in [0.4, 0.5) is 0 Å². The predicted octanol–water partition coefficient (Wildman–Crippen LogP) is 3.22. The van der Waals surface area contributed by atoms with Crippen LogP contribution in [0.15, 0.2) is 35.4 Å². The summed E-state index contributed by atoms with van der Waals surface area (Å²) in [7, 11) is 0. The molecule has 0 amide bonds. The van der Waals surface area contributed by atoms with Crippen LogP contribution in [0.1, 0.15) is 48.7 Å². The molecule has 1 saturated carbocycles. The van der Waals surface area contributed by atoms with Gasteiger partial charge in [-0.25, -0.2) is 19.2 Å². The van der Waals surface area contributed by atoms with Crippen LogP contribution in [0.2, 0.25) is 5.02 Å². The van der Waals surface area contributed by atoms with Crippen LogP contribution in [0, 0.1) is 0 Å². The van der Waals surface area contributed by atoms with E-state index in [4.69, 9.17) is 16.6 Å². The van der Waals surface area contributed by atoms with Gasteiger partial charge in [-0.05, 0) is 30.5 Å². The number of benzene rings is 1. The van der Waals surface area contributed by atoms with Crippen molar-refractivity contribution in [1.29, 1.82) is 0 Å². The molecule has 0 atom stereocenters. The molecule has 3 aromatic rings. The van der Waals surface area contributed by atoms with Gasteiger partial charge >= 0.3 is 5.69 Å². The fourth-order valence-corrected chi connectivity index (χ4v) is 4.49. The molecule has 0 saturated heterocycles. The molecule has 3 heterocycles. The minimum atomic E-state index is -0.0158. The van der Waals surface area contributed by atoms with Gasteiger partial charge in [0, 0.05) is 30.6 Å². The summed E-state index contributed by atoms with van der Waals surface area (Å²) in [5.41, 5.74) is 2.96. The van der Waals surface area contributed by atoms with Crippen LogP contribution in [0.5, 0.6) is 0 Å². The second-order valence-corrected chi connectivity index (χ2v) is 8.04. The largest absolute Gasteiger partial charge is 0.336 e. The molecule has 0 N–H and O–H groups in total. The van der Waals surface area contributed by atoms with Gasteiger partial charge in [-0.1, -0.05) is 36.6 Å². The molecule has 1 aliphatic carbocycles. The van der Waals surface area contributed by atoms with Crippen molar-refractivity contribution >= 4 is 17.2 Å². The highest BCUT2D eigenvalue weighted by Gasteiger charge is 2.26. The van der Waals surface area contributed by atoms with Crippen molar-refractivity contribution in [3.05, 3.63) is 63.2 Å². The van der Waals surface area contributed by atoms with Crippen molar-refractivity contribution in [2.75, 3.05) is 6.54 Å². The van der Waals surface area contributed by atoms with Crippen LogP contribution in [-0.4, -0.2) is 30.4 Å². The maximum atomic E-state index is 12.9. The first-order valence-electron chi connectivity index (χ1n) is 9.62. The summed E-state index contributed by atoms with van der Waals surface area (Å²) < 4.78 is 3.43. The third-order valence-electron chi connectivity index (χ3n) is 5.82. The molecule has 5 rings (SSSR count). The van der Waals surface area contributed by atoms with Gasteiger partial charge in [0.25, 0.3) is 0 Å². The number of hydrogen-bond donors (Lipinski definition) is 0. The van der Waals surface area contributed by atoms with E-state index < -0.39 is 0 Å². The molecule has 0 radical (unpaired) electrons. The molecular formula is C20H22ClN5O. The van der Waals surface area contributed by atoms with Crippen molar-refractivity contribution < 1.29 is 0 Å². The van der Waals surface area contributed by atoms with Crippen molar-refractivity contribution in [3.8, 4) is 0 Å². The van der Waals surface area contributed by atoms with Gasteiger partial charge in [0.15, 0.2) is 5.65 Å². The minimum absolute atomic E-state index is 0.0158. The highest BCUT2D eigenvalue weighted by atomic mass is 35.5. The maximum absolute atomic E-state index is 12.9. The van der Waals surface area contributed by atoms with Crippen molar-refractivity contribution in [1.82, 2.24) is 23.8 Å². The van der Waals surface area contributed by atoms with E-state index >= 15 is 0 Å². The minimum Gasteiger partial charge on any atom is -0.290 e. The number of rotatable bonds is 3. The fraction of sp³-hybridized carbons (Fsp3) is 0.450. The Bertz CT molecular complexity index is 1030. The predicted molar refractivity (Wildman–Crippen MR) is 104 cm³/mol. The lowest BCUT2D eigenvalue weighted by atomic mass is 10.0. The van der Waals surface area contributed by atoms with Gasteiger partial charge in [0.2, 0.25) is 0 Å². The topological polar surface area (TPSA) is 55.4 Å². The molecule has 27 heavy (non-hydrogen) atoms. The molecule has 1 fully saturated rings. The molecule has 140 valence electrons. The molecule has 0 spiro atoms. The van der Waals surface area contributed by atoms with Crippen molar-refractivity contribution in [3.63, 3.8) is 0 Å². The van der Waals surface area contributed by atoms with E-state index in [0.29, 0.717) is 19.0 Å². The molecule has 1 aromatic carbocycles. The van der Waals surface area contributed by atoms with E-state index in [1.54, 1.807) is 15.3 Å². The highest BCUT2D eigenvalue weighted by molar-refractivity contribution is 6.30. The summed E-state index contributed by atoms with van der Waals surface area (Å²) in [6.07, 6.45) is 6.43. The molecule has 0 unspecified atom stereocenters. The fourth-order valence-electron chi connectivity index (χ4n) is 4.37. The van der Waals surface area contributed by atoms with Gasteiger partial charge in [-0.3, -0.25) is 9.47 Å². The summed E-state index contributed by atoms with van der Waals surface area (Å²) >= 11 is 5.98. The normalized spacial score (nSPS) is 18.3. The van der Waals surface area contributed by atoms with Gasteiger partial charge in [-0.15, -0.1) is 0 Å². The van der Waals surface area contributed by atoms with Crippen LogP contribution in [0.25, 0.3) is 5.65 Å². The van der Waals surface area contributed by atoms with Gasteiger partial charge in [-0.2, -0.15) is 0 Å². The number of imidazole rings is 1. The molecule has 6 nitrogen and oxygen atoms in total. The second kappa shape index (κ2) is 6.77. The lowest BCUT2D eigenvalue weighted by Crippen LogP contribution is -2.41. The summed E-state index contributed by atoms with van der Waals surface area (Å²) in [4.78, 5) is 24.7. The first kappa shape index (κ1) is 17.0. The second-order valence-electron chi connectivity index (χ2n) is 7.60. The molecule has 7 heteroatoms. The Hall–Kier alpha value is -2.18.